The van der Waals surface area contributed by atoms with Gasteiger partial charge in [-0.3, -0.25) is 4.79 Å². The Bertz CT molecular complexity index is 1220. The average Bonchev–Trinajstić information content (AvgIpc) is 3.45. The van der Waals surface area contributed by atoms with Crippen molar-refractivity contribution in [3.8, 4) is 28.4 Å². The number of carbonyl (C=O) groups excluding carboxylic acids is 1. The monoisotopic (exact) mass is 456 g/mol. The summed E-state index contributed by atoms with van der Waals surface area (Å²) >= 11 is 1.19. The van der Waals surface area contributed by atoms with Crippen LogP contribution in [0, 0.1) is 11.6 Å². The summed E-state index contributed by atoms with van der Waals surface area (Å²) < 4.78 is 37.1. The van der Waals surface area contributed by atoms with E-state index in [1.807, 2.05) is 31.2 Å². The van der Waals surface area contributed by atoms with Gasteiger partial charge in [-0.2, -0.15) is 4.98 Å². The summed E-state index contributed by atoms with van der Waals surface area (Å²) in [6, 6.07) is 10.8. The Balaban J connectivity index is 1.32. The van der Waals surface area contributed by atoms with Gasteiger partial charge in [0.25, 0.3) is 0 Å². The highest BCUT2D eigenvalue weighted by Gasteiger charge is 2.13. The zero-order valence-corrected chi connectivity index (χ0v) is 17.8. The van der Waals surface area contributed by atoms with Crippen molar-refractivity contribution in [3.05, 3.63) is 65.4 Å². The summed E-state index contributed by atoms with van der Waals surface area (Å²) in [6.07, 6.45) is 0.377. The maximum Gasteiger partial charge on any atom is 0.227 e. The highest BCUT2D eigenvalue weighted by Crippen LogP contribution is 2.26. The van der Waals surface area contributed by atoms with Gasteiger partial charge in [0, 0.05) is 29.3 Å². The lowest BCUT2D eigenvalue weighted by atomic mass is 10.2. The average molecular weight is 456 g/mol. The number of ether oxygens (including phenoxy) is 1. The molecule has 0 unspecified atom stereocenters. The van der Waals surface area contributed by atoms with Crippen LogP contribution in [0.5, 0.6) is 5.75 Å². The quantitative estimate of drug-likeness (QED) is 0.396. The third-order valence-corrected chi connectivity index (χ3v) is 5.18. The molecule has 0 spiro atoms. The van der Waals surface area contributed by atoms with Crippen molar-refractivity contribution in [2.75, 3.05) is 11.9 Å². The van der Waals surface area contributed by atoms with Crippen LogP contribution < -0.4 is 10.1 Å². The van der Waals surface area contributed by atoms with Crippen LogP contribution in [0.3, 0.4) is 0 Å². The lowest BCUT2D eigenvalue weighted by molar-refractivity contribution is -0.116. The molecular formula is C22H18F2N4O3S. The molecule has 32 heavy (non-hydrogen) atoms. The fourth-order valence-corrected chi connectivity index (χ4v) is 3.60. The van der Waals surface area contributed by atoms with E-state index in [9.17, 15) is 13.6 Å². The van der Waals surface area contributed by atoms with Gasteiger partial charge in [0.1, 0.15) is 5.75 Å². The molecule has 0 saturated heterocycles. The molecule has 0 aliphatic heterocycles. The number of carbonyl (C=O) groups is 1. The smallest absolute Gasteiger partial charge is 0.227 e. The first-order valence-corrected chi connectivity index (χ1v) is 10.7. The van der Waals surface area contributed by atoms with Gasteiger partial charge in [0.15, 0.2) is 16.8 Å². The fourth-order valence-electron chi connectivity index (χ4n) is 2.86. The highest BCUT2D eigenvalue weighted by molar-refractivity contribution is 7.14. The first-order valence-electron chi connectivity index (χ1n) is 9.78. The molecule has 1 N–H and O–H groups in total. The zero-order chi connectivity index (χ0) is 22.5. The molecule has 4 rings (SSSR count). The molecule has 2 heterocycles. The molecular weight excluding hydrogens is 438 g/mol. The van der Waals surface area contributed by atoms with E-state index in [0.717, 1.165) is 23.4 Å². The summed E-state index contributed by atoms with van der Waals surface area (Å²) in [6.45, 7) is 2.50. The number of nitrogens with zero attached hydrogens (tertiary/aromatic N) is 3. The second-order valence-corrected chi connectivity index (χ2v) is 7.54. The van der Waals surface area contributed by atoms with Gasteiger partial charge in [0.2, 0.25) is 17.6 Å². The maximum absolute atomic E-state index is 13.4. The number of hydrogen-bond donors (Lipinski definition) is 1. The van der Waals surface area contributed by atoms with Crippen LogP contribution in [0.25, 0.3) is 22.6 Å². The van der Waals surface area contributed by atoms with Crippen LogP contribution in [-0.2, 0) is 11.2 Å². The van der Waals surface area contributed by atoms with Gasteiger partial charge in [0.05, 0.1) is 12.3 Å². The predicted molar refractivity (Wildman–Crippen MR) is 115 cm³/mol. The van der Waals surface area contributed by atoms with E-state index in [1.165, 1.54) is 17.4 Å². The number of amides is 1. The van der Waals surface area contributed by atoms with Crippen molar-refractivity contribution in [2.45, 2.75) is 19.8 Å². The zero-order valence-electron chi connectivity index (χ0n) is 17.0. The largest absolute Gasteiger partial charge is 0.494 e. The number of aromatic nitrogens is 3. The molecule has 0 aliphatic rings. The van der Waals surface area contributed by atoms with Crippen LogP contribution in [0.15, 0.2) is 52.4 Å². The summed E-state index contributed by atoms with van der Waals surface area (Å²) in [5, 5.41) is 8.64. The van der Waals surface area contributed by atoms with Gasteiger partial charge in [-0.05, 0) is 49.4 Å². The van der Waals surface area contributed by atoms with Crippen LogP contribution in [-0.4, -0.2) is 27.6 Å². The fraction of sp³-hybridized carbons (Fsp3) is 0.182. The number of rotatable bonds is 8. The minimum atomic E-state index is -0.953. The van der Waals surface area contributed by atoms with Crippen LogP contribution in [0.4, 0.5) is 13.9 Å². The third-order valence-electron chi connectivity index (χ3n) is 4.42. The summed E-state index contributed by atoms with van der Waals surface area (Å²) in [5.41, 5.74) is 1.65. The lowest BCUT2D eigenvalue weighted by Crippen LogP contribution is -2.12. The molecule has 10 heteroatoms. The van der Waals surface area contributed by atoms with Crippen molar-refractivity contribution in [2.24, 2.45) is 0 Å². The van der Waals surface area contributed by atoms with Gasteiger partial charge in [-0.25, -0.2) is 13.8 Å². The molecule has 0 radical (unpaired) electrons. The van der Waals surface area contributed by atoms with E-state index in [4.69, 9.17) is 9.26 Å². The lowest BCUT2D eigenvalue weighted by Gasteiger charge is -2.02. The van der Waals surface area contributed by atoms with Crippen molar-refractivity contribution in [1.29, 1.82) is 0 Å². The Morgan fingerprint density at radius 1 is 1.09 bits per heavy atom. The third kappa shape index (κ3) is 5.14. The van der Waals surface area contributed by atoms with Crippen molar-refractivity contribution >= 4 is 22.4 Å². The van der Waals surface area contributed by atoms with Crippen LogP contribution >= 0.6 is 11.3 Å². The van der Waals surface area contributed by atoms with E-state index in [1.54, 1.807) is 5.38 Å². The molecule has 2 aromatic heterocycles. The SMILES string of the molecule is CCOc1ccc(-c2noc(CCC(=O)Nc3nc(-c4ccc(F)c(F)c4)cs3)n2)cc1. The standard InChI is InChI=1S/C22H18F2N4O3S/c1-2-30-15-6-3-13(4-7-15)21-27-20(31-28-21)10-9-19(29)26-22-25-18(12-32-22)14-5-8-16(23)17(24)11-14/h3-8,11-12H,2,9-10H2,1H3,(H,25,26,29). The molecule has 4 aromatic rings. The molecule has 164 valence electrons. The van der Waals surface area contributed by atoms with Crippen LogP contribution in [0.1, 0.15) is 19.2 Å². The van der Waals surface area contributed by atoms with Gasteiger partial charge < -0.3 is 14.6 Å². The van der Waals surface area contributed by atoms with Gasteiger partial charge >= 0.3 is 0 Å². The Hall–Kier alpha value is -3.66. The number of thiazole rings is 1. The van der Waals surface area contributed by atoms with E-state index in [2.05, 4.69) is 20.4 Å². The van der Waals surface area contributed by atoms with Crippen molar-refractivity contribution in [1.82, 2.24) is 15.1 Å². The van der Waals surface area contributed by atoms with E-state index in [-0.39, 0.29) is 18.7 Å². The summed E-state index contributed by atoms with van der Waals surface area (Å²) in [7, 11) is 0. The Morgan fingerprint density at radius 3 is 2.62 bits per heavy atom. The minimum absolute atomic E-state index is 0.116. The molecule has 1 amide bonds. The molecule has 0 bridgehead atoms. The van der Waals surface area contributed by atoms with E-state index < -0.39 is 11.6 Å². The van der Waals surface area contributed by atoms with E-state index >= 15 is 0 Å². The first kappa shape index (κ1) is 21.6. The van der Waals surface area contributed by atoms with Crippen molar-refractivity contribution < 1.29 is 22.8 Å². The number of nitrogens with one attached hydrogen (secondary N) is 1. The number of hydrogen-bond acceptors (Lipinski definition) is 7. The molecule has 2 aromatic carbocycles. The topological polar surface area (TPSA) is 90.1 Å². The van der Waals surface area contributed by atoms with Crippen LogP contribution in [0.2, 0.25) is 0 Å². The second kappa shape index (κ2) is 9.65. The molecule has 7 nitrogen and oxygen atoms in total. The number of halogens is 2. The molecule has 0 aliphatic carbocycles. The number of aryl methyl sites for hydroxylation is 1. The minimum Gasteiger partial charge on any atom is -0.494 e. The summed E-state index contributed by atoms with van der Waals surface area (Å²) in [5.74, 6) is -0.636. The first-order chi connectivity index (χ1) is 15.5. The molecule has 0 fully saturated rings. The number of anilines is 1. The predicted octanol–water partition coefficient (Wildman–Crippen LogP) is 5.11. The summed E-state index contributed by atoms with van der Waals surface area (Å²) in [4.78, 5) is 20.8. The highest BCUT2D eigenvalue weighted by atomic mass is 32.1. The van der Waals surface area contributed by atoms with Crippen molar-refractivity contribution in [3.63, 3.8) is 0 Å². The Morgan fingerprint density at radius 2 is 1.88 bits per heavy atom. The van der Waals surface area contributed by atoms with Gasteiger partial charge in [-0.1, -0.05) is 5.16 Å². The Labute approximate surface area is 186 Å². The van der Waals surface area contributed by atoms with E-state index in [0.29, 0.717) is 34.7 Å². The normalized spacial score (nSPS) is 10.8. The van der Waals surface area contributed by atoms with Gasteiger partial charge in [-0.15, -0.1) is 11.3 Å². The second-order valence-electron chi connectivity index (χ2n) is 6.68. The number of benzene rings is 2. The maximum atomic E-state index is 13.4. The Kier molecular flexibility index (Phi) is 6.50. The molecule has 0 atom stereocenters. The molecule has 0 saturated carbocycles.